The second-order valence-corrected chi connectivity index (χ2v) is 7.29. The quantitative estimate of drug-likeness (QED) is 0.442. The average molecular weight is 407 g/mol. The number of hydrogen-bond donors (Lipinski definition) is 4. The smallest absolute Gasteiger partial charge is 0.307 e. The Morgan fingerprint density at radius 2 is 2.10 bits per heavy atom. The minimum atomic E-state index is -0.889. The largest absolute Gasteiger partial charge is 0.489 e. The average Bonchev–Trinajstić information content (AvgIpc) is 2.77. The van der Waals surface area contributed by atoms with Crippen molar-refractivity contribution >= 4 is 17.8 Å². The summed E-state index contributed by atoms with van der Waals surface area (Å²) in [4.78, 5) is 10.8. The molecule has 1 aromatic carbocycles. The molecular weight excluding hydrogens is 378 g/mol. The molecule has 2 aliphatic rings. The number of benzene rings is 1. The number of aliphatic carboxylic acids is 1. The number of dihydropyridines is 1. The van der Waals surface area contributed by atoms with Crippen LogP contribution in [0.2, 0.25) is 0 Å². The van der Waals surface area contributed by atoms with Gasteiger partial charge in [0.2, 0.25) is 0 Å². The summed E-state index contributed by atoms with van der Waals surface area (Å²) in [5, 5.41) is 21.4. The number of rotatable bonds is 10. The fourth-order valence-electron chi connectivity index (χ4n) is 3.33. The highest BCUT2D eigenvalue weighted by Crippen LogP contribution is 2.21. The molecule has 1 aliphatic carbocycles. The summed E-state index contributed by atoms with van der Waals surface area (Å²) in [5.74, 6) is -0.0502. The third-order valence-electron chi connectivity index (χ3n) is 4.99. The molecule has 30 heavy (non-hydrogen) atoms. The molecule has 0 bridgehead atoms. The molecule has 6 heteroatoms. The number of ether oxygens (including phenoxy) is 1. The number of carboxylic acid groups (broad SMARTS) is 1. The highest BCUT2D eigenvalue weighted by molar-refractivity contribution is 5.83. The third-order valence-corrected chi connectivity index (χ3v) is 4.99. The topological polar surface area (TPSA) is 96.2 Å². The lowest BCUT2D eigenvalue weighted by atomic mass is 9.92. The number of nitrogens with two attached hydrogens (primary N) is 1. The zero-order valence-electron chi connectivity index (χ0n) is 16.9. The molecule has 3 rings (SSSR count). The van der Waals surface area contributed by atoms with Crippen LogP contribution in [0.25, 0.3) is 5.57 Å². The van der Waals surface area contributed by atoms with E-state index in [1.807, 2.05) is 36.5 Å². The van der Waals surface area contributed by atoms with Crippen LogP contribution in [-0.2, 0) is 4.79 Å². The van der Waals surface area contributed by atoms with Crippen LogP contribution in [0.15, 0.2) is 78.6 Å². The van der Waals surface area contributed by atoms with Gasteiger partial charge in [-0.25, -0.2) is 0 Å². The Balaban J connectivity index is 1.56. The fourth-order valence-corrected chi connectivity index (χ4v) is 3.33. The van der Waals surface area contributed by atoms with Gasteiger partial charge in [0, 0.05) is 25.3 Å². The minimum Gasteiger partial charge on any atom is -0.489 e. The summed E-state index contributed by atoms with van der Waals surface area (Å²) in [6, 6.07) is 7.41. The van der Waals surface area contributed by atoms with Crippen molar-refractivity contribution in [3.8, 4) is 5.75 Å². The predicted molar refractivity (Wildman–Crippen MR) is 119 cm³/mol. The molecule has 0 fully saturated rings. The first kappa shape index (κ1) is 21.3. The van der Waals surface area contributed by atoms with Crippen molar-refractivity contribution in [3.05, 3.63) is 84.1 Å². The van der Waals surface area contributed by atoms with Crippen molar-refractivity contribution in [2.75, 3.05) is 19.7 Å². The lowest BCUT2D eigenvalue weighted by Crippen LogP contribution is -2.44. The summed E-state index contributed by atoms with van der Waals surface area (Å²) >= 11 is 0. The van der Waals surface area contributed by atoms with Crippen molar-refractivity contribution in [1.82, 2.24) is 10.6 Å². The van der Waals surface area contributed by atoms with Gasteiger partial charge < -0.3 is 20.5 Å². The first-order chi connectivity index (χ1) is 14.5. The highest BCUT2D eigenvalue weighted by atomic mass is 16.5. The van der Waals surface area contributed by atoms with E-state index in [2.05, 4.69) is 41.5 Å². The number of carbonyl (C=O) groups is 1. The number of hydrogen-bond acceptors (Lipinski definition) is 4. The lowest BCUT2D eigenvalue weighted by molar-refractivity contribution is -0.135. The Bertz CT molecular complexity index is 910. The van der Waals surface area contributed by atoms with Crippen LogP contribution >= 0.6 is 0 Å². The number of nitrogens with one attached hydrogen (secondary N) is 2. The van der Waals surface area contributed by atoms with Gasteiger partial charge in [0.25, 0.3) is 0 Å². The van der Waals surface area contributed by atoms with Crippen molar-refractivity contribution in [2.45, 2.75) is 12.5 Å². The molecule has 0 saturated heterocycles. The van der Waals surface area contributed by atoms with Gasteiger partial charge in [0.05, 0.1) is 12.3 Å². The molecule has 0 saturated carbocycles. The first-order valence-corrected chi connectivity index (χ1v) is 9.94. The van der Waals surface area contributed by atoms with E-state index in [0.717, 1.165) is 30.0 Å². The molecule has 2 unspecified atom stereocenters. The Kier molecular flexibility index (Phi) is 7.40. The highest BCUT2D eigenvalue weighted by Gasteiger charge is 2.21. The van der Waals surface area contributed by atoms with Crippen molar-refractivity contribution in [2.24, 2.45) is 5.92 Å². The van der Waals surface area contributed by atoms with Crippen LogP contribution in [-0.4, -0.2) is 43.0 Å². The summed E-state index contributed by atoms with van der Waals surface area (Å²) in [7, 11) is 0. The molecule has 1 heterocycles. The van der Waals surface area contributed by atoms with Gasteiger partial charge in [-0.15, -0.1) is 0 Å². The molecule has 1 aromatic rings. The van der Waals surface area contributed by atoms with E-state index in [0.29, 0.717) is 12.2 Å². The molecule has 0 spiro atoms. The van der Waals surface area contributed by atoms with Gasteiger partial charge in [0.1, 0.15) is 18.6 Å². The van der Waals surface area contributed by atoms with Crippen LogP contribution in [0, 0.1) is 5.92 Å². The van der Waals surface area contributed by atoms with Crippen molar-refractivity contribution < 1.29 is 20.0 Å². The van der Waals surface area contributed by atoms with Gasteiger partial charge in [-0.3, -0.25) is 10.2 Å². The van der Waals surface area contributed by atoms with Gasteiger partial charge in [-0.05, 0) is 34.4 Å². The van der Waals surface area contributed by atoms with Gasteiger partial charge >= 0.3 is 5.97 Å². The van der Waals surface area contributed by atoms with E-state index in [4.69, 9.17) is 15.3 Å². The third kappa shape index (κ3) is 6.06. The van der Waals surface area contributed by atoms with Crippen LogP contribution in [0.3, 0.4) is 0 Å². The molecule has 0 aromatic heterocycles. The monoisotopic (exact) mass is 406 g/mol. The normalized spacial score (nSPS) is 20.0. The molecule has 6 nitrogen and oxygen atoms in total. The molecule has 2 atom stereocenters. The summed E-state index contributed by atoms with van der Waals surface area (Å²) < 4.78 is 5.91. The Morgan fingerprint density at radius 1 is 1.30 bits per heavy atom. The second-order valence-electron chi connectivity index (χ2n) is 7.29. The van der Waals surface area contributed by atoms with E-state index < -0.39 is 5.97 Å². The maximum absolute atomic E-state index is 10.8. The summed E-state index contributed by atoms with van der Waals surface area (Å²) in [5.41, 5.74) is 3.63. The van der Waals surface area contributed by atoms with E-state index in [1.54, 1.807) is 6.21 Å². The zero-order valence-corrected chi connectivity index (χ0v) is 16.9. The molecule has 5 N–H and O–H groups in total. The molecule has 0 radical (unpaired) electrons. The van der Waals surface area contributed by atoms with Gasteiger partial charge in [-0.2, -0.15) is 0 Å². The Morgan fingerprint density at radius 3 is 2.77 bits per heavy atom. The summed E-state index contributed by atoms with van der Waals surface area (Å²) in [6.07, 6.45) is 14.1. The van der Waals surface area contributed by atoms with E-state index >= 15 is 0 Å². The van der Waals surface area contributed by atoms with Gasteiger partial charge in [0.15, 0.2) is 0 Å². The van der Waals surface area contributed by atoms with E-state index in [-0.39, 0.29) is 18.4 Å². The van der Waals surface area contributed by atoms with Crippen LogP contribution in [0.4, 0.5) is 0 Å². The lowest BCUT2D eigenvalue weighted by Gasteiger charge is -2.24. The molecular formula is C24H28N3O3+. The summed E-state index contributed by atoms with van der Waals surface area (Å²) in [6.45, 7) is 5.87. The standard InChI is InChI=1S/C24H27N3O3/c1-17(11-24(28)29)20-6-8-22(9-7-20)30-16-18-4-5-21(13-25)23(12-18)27-15-19-3-2-10-26-14-19/h2-9,12-14,21,23,25-27H,1,10-11,15-16H2,(H,28,29)/p+1. The Labute approximate surface area is 176 Å². The van der Waals surface area contributed by atoms with Crippen LogP contribution in [0.1, 0.15) is 12.0 Å². The van der Waals surface area contributed by atoms with Crippen LogP contribution < -0.4 is 20.8 Å². The van der Waals surface area contributed by atoms with Crippen molar-refractivity contribution in [3.63, 3.8) is 0 Å². The van der Waals surface area contributed by atoms with Gasteiger partial charge in [-0.1, -0.05) is 49.1 Å². The maximum atomic E-state index is 10.8. The van der Waals surface area contributed by atoms with E-state index in [1.165, 1.54) is 5.57 Å². The second kappa shape index (κ2) is 10.4. The van der Waals surface area contributed by atoms with Crippen LogP contribution in [0.5, 0.6) is 5.75 Å². The SMILES string of the molecule is C=C(CC(=O)O)c1ccc(OCC2=CC(NCC3=CNCC=C3)C(C=[NH2+])C=C2)cc1. The molecule has 0 amide bonds. The first-order valence-electron chi connectivity index (χ1n) is 9.94. The fraction of sp³-hybridized carbons (Fsp3) is 0.250. The zero-order chi connectivity index (χ0) is 21.3. The Hall–Kier alpha value is -3.38. The molecule has 1 aliphatic heterocycles. The predicted octanol–water partition coefficient (Wildman–Crippen LogP) is 1.50. The minimum absolute atomic E-state index is 0.0750. The number of carboxylic acids is 1. The molecule has 156 valence electrons. The maximum Gasteiger partial charge on any atom is 0.307 e. The van der Waals surface area contributed by atoms with E-state index in [9.17, 15) is 4.79 Å². The van der Waals surface area contributed by atoms with Crippen molar-refractivity contribution in [1.29, 1.82) is 0 Å².